The highest BCUT2D eigenvalue weighted by atomic mass is 16.2. The molecule has 0 spiro atoms. The standard InChI is InChI=1S/C15H16N6O2/c1-9(22)10-4-2-5-11(8-10)12-6-3-7-13(18-12)14(23)19-15(20-16)21-17/h2-8H,16-17H2,1H3,(H2,19,20,21,23). The van der Waals surface area contributed by atoms with Crippen molar-refractivity contribution in [2.75, 3.05) is 0 Å². The van der Waals surface area contributed by atoms with E-state index in [1.165, 1.54) is 13.0 Å². The lowest BCUT2D eigenvalue weighted by atomic mass is 10.1. The summed E-state index contributed by atoms with van der Waals surface area (Å²) < 4.78 is 0. The second-order valence-electron chi connectivity index (χ2n) is 4.62. The molecule has 1 amide bonds. The molecule has 1 aromatic heterocycles. The fraction of sp³-hybridized carbons (Fsp3) is 0.0667. The average Bonchev–Trinajstić information content (AvgIpc) is 2.59. The van der Waals surface area contributed by atoms with Crippen LogP contribution >= 0.6 is 0 Å². The third-order valence-corrected chi connectivity index (χ3v) is 3.04. The lowest BCUT2D eigenvalue weighted by molar-refractivity contribution is 0.0969. The second-order valence-corrected chi connectivity index (χ2v) is 4.62. The maximum Gasteiger partial charge on any atom is 0.276 e. The molecule has 0 unspecified atom stereocenters. The molecular weight excluding hydrogens is 296 g/mol. The van der Waals surface area contributed by atoms with Gasteiger partial charge in [0.05, 0.1) is 5.69 Å². The Kier molecular flexibility index (Phi) is 5.00. The van der Waals surface area contributed by atoms with Gasteiger partial charge in [0.15, 0.2) is 5.78 Å². The van der Waals surface area contributed by atoms with Crippen molar-refractivity contribution in [3.63, 3.8) is 0 Å². The molecule has 0 saturated carbocycles. The van der Waals surface area contributed by atoms with E-state index in [2.05, 4.69) is 20.8 Å². The van der Waals surface area contributed by atoms with Gasteiger partial charge in [-0.15, -0.1) is 5.10 Å². The molecule has 0 bridgehead atoms. The molecule has 0 aliphatic rings. The van der Waals surface area contributed by atoms with Gasteiger partial charge in [0.25, 0.3) is 5.91 Å². The molecule has 0 aliphatic carbocycles. The number of hydrazine groups is 1. The SMILES string of the molecule is CC(=O)c1cccc(-c2cccc(C(=O)N/C(=N/N)NN)n2)c1. The Bertz CT molecular complexity index is 772. The predicted molar refractivity (Wildman–Crippen MR) is 86.1 cm³/mol. The number of hydrogen-bond acceptors (Lipinski definition) is 6. The van der Waals surface area contributed by atoms with E-state index >= 15 is 0 Å². The molecule has 0 aliphatic heterocycles. The summed E-state index contributed by atoms with van der Waals surface area (Å²) >= 11 is 0. The van der Waals surface area contributed by atoms with Crippen molar-refractivity contribution in [2.45, 2.75) is 6.92 Å². The molecule has 6 N–H and O–H groups in total. The lowest BCUT2D eigenvalue weighted by Crippen LogP contribution is -2.45. The Morgan fingerprint density at radius 1 is 1.17 bits per heavy atom. The normalized spacial score (nSPS) is 11.0. The first kappa shape index (κ1) is 16.1. The number of Topliss-reactive ketones (excluding diaryl/α,β-unsaturated/α-hetero) is 1. The molecule has 118 valence electrons. The molecule has 23 heavy (non-hydrogen) atoms. The Morgan fingerprint density at radius 3 is 2.57 bits per heavy atom. The molecule has 8 nitrogen and oxygen atoms in total. The number of nitrogens with zero attached hydrogens (tertiary/aromatic N) is 2. The van der Waals surface area contributed by atoms with Gasteiger partial charge in [-0.1, -0.05) is 24.3 Å². The van der Waals surface area contributed by atoms with Crippen molar-refractivity contribution in [1.29, 1.82) is 0 Å². The van der Waals surface area contributed by atoms with Gasteiger partial charge in [-0.25, -0.2) is 10.8 Å². The first-order valence-electron chi connectivity index (χ1n) is 6.69. The first-order chi connectivity index (χ1) is 11.0. The van der Waals surface area contributed by atoms with Gasteiger partial charge in [-0.05, 0) is 25.1 Å². The van der Waals surface area contributed by atoms with Crippen molar-refractivity contribution < 1.29 is 9.59 Å². The quantitative estimate of drug-likeness (QED) is 0.213. The summed E-state index contributed by atoms with van der Waals surface area (Å²) in [5.74, 6) is 9.56. The number of amides is 1. The maximum absolute atomic E-state index is 12.1. The number of benzene rings is 1. The zero-order chi connectivity index (χ0) is 16.8. The Morgan fingerprint density at radius 2 is 1.91 bits per heavy atom. The van der Waals surface area contributed by atoms with E-state index < -0.39 is 5.91 Å². The number of hydrazone groups is 1. The first-order valence-corrected chi connectivity index (χ1v) is 6.69. The summed E-state index contributed by atoms with van der Waals surface area (Å²) in [5.41, 5.74) is 4.17. The molecule has 0 fully saturated rings. The van der Waals surface area contributed by atoms with Crippen molar-refractivity contribution in [2.24, 2.45) is 16.8 Å². The topological polar surface area (TPSA) is 135 Å². The molecule has 1 aromatic carbocycles. The predicted octanol–water partition coefficient (Wildman–Crippen LogP) is 0.374. The minimum atomic E-state index is -0.517. The van der Waals surface area contributed by atoms with Crippen molar-refractivity contribution in [3.05, 3.63) is 53.7 Å². The van der Waals surface area contributed by atoms with Crippen LogP contribution in [0.1, 0.15) is 27.8 Å². The molecule has 0 atom stereocenters. The highest BCUT2D eigenvalue weighted by Crippen LogP contribution is 2.19. The number of rotatable bonds is 3. The van der Waals surface area contributed by atoms with E-state index in [0.717, 1.165) is 5.56 Å². The van der Waals surface area contributed by atoms with Crippen LogP contribution in [0.15, 0.2) is 47.6 Å². The molecule has 0 radical (unpaired) electrons. The molecule has 1 heterocycles. The number of ketones is 1. The third-order valence-electron chi connectivity index (χ3n) is 3.04. The Hall–Kier alpha value is -3.26. The smallest absolute Gasteiger partial charge is 0.276 e. The van der Waals surface area contributed by atoms with Crippen LogP contribution in [0, 0.1) is 0 Å². The summed E-state index contributed by atoms with van der Waals surface area (Å²) in [6.45, 7) is 1.49. The van der Waals surface area contributed by atoms with Crippen LogP contribution in [0.3, 0.4) is 0 Å². The van der Waals surface area contributed by atoms with Crippen molar-refractivity contribution in [3.8, 4) is 11.3 Å². The third kappa shape index (κ3) is 3.89. The summed E-state index contributed by atoms with van der Waals surface area (Å²) in [5, 5.41) is 5.64. The fourth-order valence-corrected chi connectivity index (χ4v) is 1.90. The van der Waals surface area contributed by atoms with Gasteiger partial charge < -0.3 is 5.84 Å². The minimum Gasteiger partial charge on any atom is -0.320 e. The van der Waals surface area contributed by atoms with E-state index in [1.807, 2.05) is 6.07 Å². The minimum absolute atomic E-state index is 0.0430. The van der Waals surface area contributed by atoms with E-state index in [1.54, 1.807) is 30.3 Å². The highest BCUT2D eigenvalue weighted by molar-refractivity contribution is 6.04. The fourth-order valence-electron chi connectivity index (χ4n) is 1.90. The lowest BCUT2D eigenvalue weighted by Gasteiger charge is -2.08. The summed E-state index contributed by atoms with van der Waals surface area (Å²) in [4.78, 5) is 27.8. The molecule has 8 heteroatoms. The number of carbonyl (C=O) groups excluding carboxylic acids is 2. The number of aromatic nitrogens is 1. The van der Waals surface area contributed by atoms with Gasteiger partial charge >= 0.3 is 0 Å². The molecule has 0 saturated heterocycles. The number of nitrogens with two attached hydrogens (primary N) is 2. The van der Waals surface area contributed by atoms with Gasteiger partial charge in [0, 0.05) is 11.1 Å². The van der Waals surface area contributed by atoms with Crippen LogP contribution < -0.4 is 22.4 Å². The number of guanidine groups is 1. The van der Waals surface area contributed by atoms with Crippen LogP contribution in [0.25, 0.3) is 11.3 Å². The largest absolute Gasteiger partial charge is 0.320 e. The maximum atomic E-state index is 12.1. The van der Waals surface area contributed by atoms with Crippen LogP contribution in [-0.4, -0.2) is 22.6 Å². The van der Waals surface area contributed by atoms with Gasteiger partial charge in [0.2, 0.25) is 5.96 Å². The zero-order valence-corrected chi connectivity index (χ0v) is 12.4. The van der Waals surface area contributed by atoms with Gasteiger partial charge in [-0.2, -0.15) is 0 Å². The number of pyridine rings is 1. The second kappa shape index (κ2) is 7.14. The monoisotopic (exact) mass is 312 g/mol. The van der Waals surface area contributed by atoms with E-state index in [4.69, 9.17) is 11.7 Å². The molecular formula is C15H16N6O2. The average molecular weight is 312 g/mol. The molecule has 2 rings (SSSR count). The van der Waals surface area contributed by atoms with Crippen LogP contribution in [-0.2, 0) is 0 Å². The van der Waals surface area contributed by atoms with E-state index in [9.17, 15) is 9.59 Å². The van der Waals surface area contributed by atoms with Crippen molar-refractivity contribution >= 4 is 17.6 Å². The Labute approximate surface area is 132 Å². The van der Waals surface area contributed by atoms with Gasteiger partial charge in [-0.3, -0.25) is 20.3 Å². The summed E-state index contributed by atoms with van der Waals surface area (Å²) in [6.07, 6.45) is 0. The van der Waals surface area contributed by atoms with Crippen LogP contribution in [0.4, 0.5) is 0 Å². The van der Waals surface area contributed by atoms with Crippen LogP contribution in [0.5, 0.6) is 0 Å². The Balaban J connectivity index is 2.31. The van der Waals surface area contributed by atoms with Crippen LogP contribution in [0.2, 0.25) is 0 Å². The number of hydrogen-bond donors (Lipinski definition) is 4. The van der Waals surface area contributed by atoms with Gasteiger partial charge in [0.1, 0.15) is 5.69 Å². The summed E-state index contributed by atoms with van der Waals surface area (Å²) in [7, 11) is 0. The van der Waals surface area contributed by atoms with E-state index in [0.29, 0.717) is 11.3 Å². The number of nitrogens with one attached hydrogen (secondary N) is 2. The zero-order valence-electron chi connectivity index (χ0n) is 12.4. The van der Waals surface area contributed by atoms with E-state index in [-0.39, 0.29) is 17.4 Å². The molecule has 2 aromatic rings. The summed E-state index contributed by atoms with van der Waals surface area (Å²) in [6, 6.07) is 12.0. The van der Waals surface area contributed by atoms with Crippen molar-refractivity contribution in [1.82, 2.24) is 15.7 Å². The highest BCUT2D eigenvalue weighted by Gasteiger charge is 2.11. The number of carbonyl (C=O) groups is 2.